The van der Waals surface area contributed by atoms with Gasteiger partial charge in [0.1, 0.15) is 12.0 Å². The van der Waals surface area contributed by atoms with E-state index in [4.69, 9.17) is 0 Å². The highest BCUT2D eigenvalue weighted by Crippen LogP contribution is 2.47. The highest BCUT2D eigenvalue weighted by Gasteiger charge is 2.38. The molecular formula is C17H21NO3S. The van der Waals surface area contributed by atoms with Gasteiger partial charge in [-0.3, -0.25) is 4.98 Å². The minimum absolute atomic E-state index is 0.228. The van der Waals surface area contributed by atoms with Crippen molar-refractivity contribution >= 4 is 29.0 Å². The number of aldehydes is 1. The number of hydrogen-bond acceptors (Lipinski definition) is 5. The van der Waals surface area contributed by atoms with Crippen LogP contribution in [-0.4, -0.2) is 34.8 Å². The van der Waals surface area contributed by atoms with Crippen LogP contribution < -0.4 is 0 Å². The van der Waals surface area contributed by atoms with E-state index in [1.165, 1.54) is 0 Å². The summed E-state index contributed by atoms with van der Waals surface area (Å²) in [6.45, 7) is 2.78. The number of thioether (sulfide) groups is 1. The maximum absolute atomic E-state index is 11.2. The number of rotatable bonds is 4. The van der Waals surface area contributed by atoms with E-state index in [1.54, 1.807) is 43.3 Å². The van der Waals surface area contributed by atoms with Crippen molar-refractivity contribution in [3.05, 3.63) is 30.5 Å². The van der Waals surface area contributed by atoms with Crippen LogP contribution in [0.2, 0.25) is 0 Å². The van der Waals surface area contributed by atoms with Gasteiger partial charge in [-0.25, -0.2) is 0 Å². The first-order chi connectivity index (χ1) is 10.6. The van der Waals surface area contributed by atoms with Crippen LogP contribution in [-0.2, 0) is 9.53 Å². The second-order valence-electron chi connectivity index (χ2n) is 5.23. The molecule has 2 aromatic rings. The number of phenols is 1. The number of nitrogens with zero attached hydrogens (tertiary/aromatic N) is 1. The van der Waals surface area contributed by atoms with Crippen LogP contribution in [0.3, 0.4) is 0 Å². The third-order valence-electron chi connectivity index (χ3n) is 3.70. The number of phenolic OH excluding ortho intramolecular Hbond substituents is 1. The summed E-state index contributed by atoms with van der Waals surface area (Å²) in [7, 11) is 1.68. The van der Waals surface area contributed by atoms with Gasteiger partial charge in [-0.15, -0.1) is 11.8 Å². The third kappa shape index (κ3) is 3.78. The van der Waals surface area contributed by atoms with E-state index in [0.29, 0.717) is 0 Å². The van der Waals surface area contributed by atoms with Crippen molar-refractivity contribution in [2.45, 2.75) is 35.8 Å². The molecule has 0 saturated heterocycles. The highest BCUT2D eigenvalue weighted by molar-refractivity contribution is 8.01. The molecule has 0 atom stereocenters. The first-order valence-corrected chi connectivity index (χ1v) is 8.18. The molecule has 22 heavy (non-hydrogen) atoms. The molecule has 1 fully saturated rings. The Morgan fingerprint density at radius 1 is 1.41 bits per heavy atom. The summed E-state index contributed by atoms with van der Waals surface area (Å²) in [5, 5.41) is 10.5. The molecule has 1 heterocycles. The standard InChI is InChI=1S/C14H13NO2S.C3H8O/c16-9-14(5-1-6-14)18-13-4-7-15-12-3-2-10(17)8-11(12)13;1-3-4-2/h2-4,7-9,17H,1,5-6H2;3H2,1-2H3. The minimum atomic E-state index is -0.264. The number of hydrogen-bond donors (Lipinski definition) is 1. The minimum Gasteiger partial charge on any atom is -0.508 e. The van der Waals surface area contributed by atoms with Crippen LogP contribution in [0.5, 0.6) is 5.75 Å². The van der Waals surface area contributed by atoms with Gasteiger partial charge in [0, 0.05) is 30.2 Å². The van der Waals surface area contributed by atoms with E-state index in [-0.39, 0.29) is 10.5 Å². The summed E-state index contributed by atoms with van der Waals surface area (Å²) < 4.78 is 4.28. The predicted molar refractivity (Wildman–Crippen MR) is 89.5 cm³/mol. The SMILES string of the molecule is CCOC.O=CC1(Sc2ccnc3ccc(O)cc23)CCC1. The number of benzene rings is 1. The fraction of sp³-hybridized carbons (Fsp3) is 0.412. The number of fused-ring (bicyclic) bond motifs is 1. The van der Waals surface area contributed by atoms with Gasteiger partial charge >= 0.3 is 0 Å². The van der Waals surface area contributed by atoms with Crippen LogP contribution in [0.1, 0.15) is 26.2 Å². The zero-order chi connectivity index (χ0) is 16.0. The number of carbonyl (C=O) groups is 1. The smallest absolute Gasteiger partial charge is 0.136 e. The number of methoxy groups -OCH3 is 1. The molecule has 5 heteroatoms. The third-order valence-corrected chi connectivity index (χ3v) is 5.19. The fourth-order valence-electron chi connectivity index (χ4n) is 2.19. The fourth-order valence-corrected chi connectivity index (χ4v) is 3.57. The molecular weight excluding hydrogens is 298 g/mol. The average Bonchev–Trinajstić information content (AvgIpc) is 2.51. The molecule has 1 aromatic carbocycles. The monoisotopic (exact) mass is 319 g/mol. The van der Waals surface area contributed by atoms with E-state index in [2.05, 4.69) is 9.72 Å². The van der Waals surface area contributed by atoms with Crippen LogP contribution in [0.15, 0.2) is 35.4 Å². The molecule has 1 aliphatic rings. The molecule has 1 aliphatic carbocycles. The molecule has 0 bridgehead atoms. The van der Waals surface area contributed by atoms with E-state index in [9.17, 15) is 9.90 Å². The van der Waals surface area contributed by atoms with Gasteiger partial charge in [-0.1, -0.05) is 0 Å². The summed E-state index contributed by atoms with van der Waals surface area (Å²) in [5.74, 6) is 0.228. The molecule has 0 radical (unpaired) electrons. The Hall–Kier alpha value is -1.59. The van der Waals surface area contributed by atoms with E-state index >= 15 is 0 Å². The van der Waals surface area contributed by atoms with E-state index < -0.39 is 0 Å². The summed E-state index contributed by atoms with van der Waals surface area (Å²) in [4.78, 5) is 16.5. The second-order valence-corrected chi connectivity index (χ2v) is 6.68. The topological polar surface area (TPSA) is 59.4 Å². The first kappa shape index (κ1) is 16.8. The molecule has 118 valence electrons. The molecule has 1 aromatic heterocycles. The van der Waals surface area contributed by atoms with Gasteiger partial charge in [-0.2, -0.15) is 0 Å². The number of aromatic hydroxyl groups is 1. The molecule has 4 nitrogen and oxygen atoms in total. The summed E-state index contributed by atoms with van der Waals surface area (Å²) >= 11 is 1.60. The van der Waals surface area contributed by atoms with Crippen molar-refractivity contribution in [1.29, 1.82) is 0 Å². The summed E-state index contributed by atoms with van der Waals surface area (Å²) in [5.41, 5.74) is 0.846. The predicted octanol–water partition coefficient (Wildman–Crippen LogP) is 3.81. The molecule has 1 saturated carbocycles. The van der Waals surface area contributed by atoms with Gasteiger partial charge in [0.15, 0.2) is 0 Å². The lowest BCUT2D eigenvalue weighted by atomic mass is 9.86. The van der Waals surface area contributed by atoms with Crippen LogP contribution >= 0.6 is 11.8 Å². The Morgan fingerprint density at radius 3 is 2.68 bits per heavy atom. The molecule has 0 amide bonds. The summed E-state index contributed by atoms with van der Waals surface area (Å²) in [6, 6.07) is 7.05. The molecule has 3 rings (SSSR count). The second kappa shape index (κ2) is 7.61. The summed E-state index contributed by atoms with van der Waals surface area (Å²) in [6.07, 6.45) is 5.79. The van der Waals surface area contributed by atoms with Gasteiger partial charge in [0.05, 0.1) is 10.3 Å². The number of ether oxygens (including phenoxy) is 1. The quantitative estimate of drug-likeness (QED) is 0.868. The van der Waals surface area contributed by atoms with Crippen molar-refractivity contribution in [3.63, 3.8) is 0 Å². The molecule has 0 aliphatic heterocycles. The van der Waals surface area contributed by atoms with Crippen LogP contribution in [0, 0.1) is 0 Å². The number of carbonyl (C=O) groups excluding carboxylic acids is 1. The normalized spacial score (nSPS) is 15.5. The molecule has 0 unspecified atom stereocenters. The molecule has 0 spiro atoms. The van der Waals surface area contributed by atoms with Crippen molar-refractivity contribution in [1.82, 2.24) is 4.98 Å². The van der Waals surface area contributed by atoms with Gasteiger partial charge in [-0.05, 0) is 50.5 Å². The zero-order valence-electron chi connectivity index (χ0n) is 12.9. The van der Waals surface area contributed by atoms with E-state index in [0.717, 1.165) is 48.0 Å². The van der Waals surface area contributed by atoms with Gasteiger partial charge < -0.3 is 14.6 Å². The highest BCUT2D eigenvalue weighted by atomic mass is 32.2. The lowest BCUT2D eigenvalue weighted by molar-refractivity contribution is -0.111. The number of aromatic nitrogens is 1. The van der Waals surface area contributed by atoms with Crippen LogP contribution in [0.4, 0.5) is 0 Å². The first-order valence-electron chi connectivity index (χ1n) is 7.36. The van der Waals surface area contributed by atoms with Gasteiger partial charge in [0.25, 0.3) is 0 Å². The van der Waals surface area contributed by atoms with Crippen LogP contribution in [0.25, 0.3) is 10.9 Å². The van der Waals surface area contributed by atoms with Crippen molar-refractivity contribution in [3.8, 4) is 5.75 Å². The lowest BCUT2D eigenvalue weighted by Gasteiger charge is -2.36. The maximum Gasteiger partial charge on any atom is 0.136 e. The van der Waals surface area contributed by atoms with Gasteiger partial charge in [0.2, 0.25) is 0 Å². The molecule has 1 N–H and O–H groups in total. The Morgan fingerprint density at radius 2 is 2.14 bits per heavy atom. The maximum atomic E-state index is 11.2. The zero-order valence-corrected chi connectivity index (χ0v) is 13.7. The average molecular weight is 319 g/mol. The Labute approximate surface area is 134 Å². The van der Waals surface area contributed by atoms with E-state index in [1.807, 2.05) is 13.0 Å². The largest absolute Gasteiger partial charge is 0.508 e. The lowest BCUT2D eigenvalue weighted by Crippen LogP contribution is -2.34. The Kier molecular flexibility index (Phi) is 5.80. The van der Waals surface area contributed by atoms with Crippen molar-refractivity contribution in [2.24, 2.45) is 0 Å². The Bertz CT molecular complexity index is 639. The van der Waals surface area contributed by atoms with Crippen molar-refractivity contribution < 1.29 is 14.6 Å². The van der Waals surface area contributed by atoms with Crippen molar-refractivity contribution in [2.75, 3.05) is 13.7 Å². The number of pyridine rings is 1. The Balaban J connectivity index is 0.000000396.